The second-order valence-electron chi connectivity index (χ2n) is 5.65. The molecule has 6 nitrogen and oxygen atoms in total. The molecule has 1 aliphatic heterocycles. The first-order valence-corrected chi connectivity index (χ1v) is 8.54. The number of hydrogen-bond acceptors (Lipinski definition) is 4. The zero-order chi connectivity index (χ0) is 16.9. The zero-order valence-corrected chi connectivity index (χ0v) is 14.6. The normalized spacial score (nSPS) is 15.1. The van der Waals surface area contributed by atoms with Gasteiger partial charge in [0.25, 0.3) is 5.91 Å². The number of likely N-dealkylation sites (tertiary alicyclic amines) is 1. The van der Waals surface area contributed by atoms with Gasteiger partial charge in [0.2, 0.25) is 5.91 Å². The van der Waals surface area contributed by atoms with Crippen molar-refractivity contribution in [2.45, 2.75) is 12.8 Å². The van der Waals surface area contributed by atoms with Crippen LogP contribution in [0.1, 0.15) is 23.2 Å². The number of nitrogens with one attached hydrogen (secondary N) is 1. The monoisotopic (exact) mass is 388 g/mol. The van der Waals surface area contributed by atoms with Gasteiger partial charge in [0.1, 0.15) is 5.82 Å². The van der Waals surface area contributed by atoms with E-state index in [2.05, 4.69) is 31.2 Å². The average Bonchev–Trinajstić information content (AvgIpc) is 2.64. The minimum absolute atomic E-state index is 0.00849. The molecule has 0 saturated carbocycles. The molecule has 1 aliphatic rings. The van der Waals surface area contributed by atoms with Crippen molar-refractivity contribution in [1.29, 1.82) is 0 Å². The molecule has 0 atom stereocenters. The molecule has 1 fully saturated rings. The molecule has 1 N–H and O–H groups in total. The maximum Gasteiger partial charge on any atom is 0.253 e. The smallest absolute Gasteiger partial charge is 0.253 e. The van der Waals surface area contributed by atoms with Crippen LogP contribution >= 0.6 is 15.9 Å². The van der Waals surface area contributed by atoms with Crippen molar-refractivity contribution in [2.24, 2.45) is 5.92 Å². The van der Waals surface area contributed by atoms with Gasteiger partial charge in [0.05, 0.1) is 0 Å². The number of piperidine rings is 1. The standard InChI is InChI=1S/C17H17BrN4O2/c18-14-1-2-15(20-11-14)21-16(23)12-5-9-22(10-6-12)17(24)13-3-7-19-8-4-13/h1-4,7-8,11-12H,5-6,9-10H2,(H,20,21,23). The van der Waals surface area contributed by atoms with E-state index in [-0.39, 0.29) is 17.7 Å². The van der Waals surface area contributed by atoms with E-state index in [0.717, 1.165) is 4.47 Å². The summed E-state index contributed by atoms with van der Waals surface area (Å²) >= 11 is 3.31. The lowest BCUT2D eigenvalue weighted by atomic mass is 9.95. The van der Waals surface area contributed by atoms with Crippen LogP contribution in [0.4, 0.5) is 5.82 Å². The van der Waals surface area contributed by atoms with Crippen LogP contribution in [0.5, 0.6) is 0 Å². The Labute approximate surface area is 148 Å². The van der Waals surface area contributed by atoms with Crippen LogP contribution in [0.15, 0.2) is 47.3 Å². The number of nitrogens with zero attached hydrogens (tertiary/aromatic N) is 3. The molecular weight excluding hydrogens is 372 g/mol. The van der Waals surface area contributed by atoms with Crippen LogP contribution in [0.25, 0.3) is 0 Å². The predicted octanol–water partition coefficient (Wildman–Crippen LogP) is 2.73. The molecular formula is C17H17BrN4O2. The van der Waals surface area contributed by atoms with Crippen LogP contribution in [0.2, 0.25) is 0 Å². The van der Waals surface area contributed by atoms with Gasteiger partial charge in [0.15, 0.2) is 0 Å². The molecule has 2 aromatic heterocycles. The highest BCUT2D eigenvalue weighted by atomic mass is 79.9. The van der Waals surface area contributed by atoms with Crippen molar-refractivity contribution < 1.29 is 9.59 Å². The summed E-state index contributed by atoms with van der Waals surface area (Å²) in [6.45, 7) is 1.15. The second-order valence-corrected chi connectivity index (χ2v) is 6.57. The van der Waals surface area contributed by atoms with Gasteiger partial charge >= 0.3 is 0 Å². The summed E-state index contributed by atoms with van der Waals surface area (Å²) in [6, 6.07) is 7.00. The van der Waals surface area contributed by atoms with Crippen LogP contribution in [-0.4, -0.2) is 39.8 Å². The lowest BCUT2D eigenvalue weighted by Gasteiger charge is -2.31. The van der Waals surface area contributed by atoms with Crippen molar-refractivity contribution in [3.63, 3.8) is 0 Å². The Balaban J connectivity index is 1.54. The molecule has 7 heteroatoms. The van der Waals surface area contributed by atoms with E-state index in [1.807, 2.05) is 6.07 Å². The maximum atomic E-state index is 12.4. The Bertz CT molecular complexity index is 713. The van der Waals surface area contributed by atoms with Crippen molar-refractivity contribution >= 4 is 33.6 Å². The first kappa shape index (κ1) is 16.6. The Hall–Kier alpha value is -2.28. The molecule has 2 amide bonds. The molecule has 24 heavy (non-hydrogen) atoms. The van der Waals surface area contributed by atoms with Crippen LogP contribution in [0, 0.1) is 5.92 Å². The molecule has 3 rings (SSSR count). The number of aromatic nitrogens is 2. The summed E-state index contributed by atoms with van der Waals surface area (Å²) in [7, 11) is 0. The molecule has 0 radical (unpaired) electrons. The molecule has 1 saturated heterocycles. The van der Waals surface area contributed by atoms with Crippen molar-refractivity contribution in [1.82, 2.24) is 14.9 Å². The van der Waals surface area contributed by atoms with Gasteiger partial charge in [-0.1, -0.05) is 0 Å². The lowest BCUT2D eigenvalue weighted by molar-refractivity contribution is -0.121. The first-order chi connectivity index (χ1) is 11.6. The number of carbonyl (C=O) groups is 2. The third kappa shape index (κ3) is 3.97. The summed E-state index contributed by atoms with van der Waals surface area (Å²) in [5.74, 6) is 0.391. The molecule has 0 aromatic carbocycles. The third-order valence-corrected chi connectivity index (χ3v) is 4.53. The summed E-state index contributed by atoms with van der Waals surface area (Å²) in [5.41, 5.74) is 0.631. The van der Waals surface area contributed by atoms with Gasteiger partial charge in [-0.25, -0.2) is 4.98 Å². The van der Waals surface area contributed by atoms with E-state index < -0.39 is 0 Å². The van der Waals surface area contributed by atoms with Crippen LogP contribution in [0.3, 0.4) is 0 Å². The molecule has 0 bridgehead atoms. The van der Waals surface area contributed by atoms with Gasteiger partial charge in [0, 0.05) is 47.6 Å². The van der Waals surface area contributed by atoms with Gasteiger partial charge in [-0.3, -0.25) is 14.6 Å². The van der Waals surface area contributed by atoms with E-state index in [4.69, 9.17) is 0 Å². The number of anilines is 1. The Kier molecular flexibility index (Phi) is 5.20. The van der Waals surface area contributed by atoms with E-state index in [1.165, 1.54) is 0 Å². The van der Waals surface area contributed by atoms with Gasteiger partial charge in [-0.05, 0) is 53.0 Å². The fourth-order valence-electron chi connectivity index (χ4n) is 2.70. The summed E-state index contributed by atoms with van der Waals surface area (Å²) in [5, 5.41) is 2.83. The highest BCUT2D eigenvalue weighted by Crippen LogP contribution is 2.21. The lowest BCUT2D eigenvalue weighted by Crippen LogP contribution is -2.41. The van der Waals surface area contributed by atoms with E-state index >= 15 is 0 Å². The highest BCUT2D eigenvalue weighted by Gasteiger charge is 2.28. The maximum absolute atomic E-state index is 12.4. The molecule has 0 unspecified atom stereocenters. The number of pyridine rings is 2. The second kappa shape index (κ2) is 7.53. The van der Waals surface area contributed by atoms with Gasteiger partial charge in [-0.15, -0.1) is 0 Å². The SMILES string of the molecule is O=C(Nc1ccc(Br)cn1)C1CCN(C(=O)c2ccncc2)CC1. The first-order valence-electron chi connectivity index (χ1n) is 7.75. The fraction of sp³-hybridized carbons (Fsp3) is 0.294. The predicted molar refractivity (Wildman–Crippen MR) is 93.4 cm³/mol. The minimum atomic E-state index is -0.100. The van der Waals surface area contributed by atoms with Crippen molar-refractivity contribution in [3.8, 4) is 0 Å². The van der Waals surface area contributed by atoms with Crippen LogP contribution in [-0.2, 0) is 4.79 Å². The topological polar surface area (TPSA) is 75.2 Å². The Morgan fingerprint density at radius 2 is 1.83 bits per heavy atom. The molecule has 3 heterocycles. The summed E-state index contributed by atoms with van der Waals surface area (Å²) < 4.78 is 0.864. The van der Waals surface area contributed by atoms with Gasteiger partial charge in [-0.2, -0.15) is 0 Å². The van der Waals surface area contributed by atoms with Crippen molar-refractivity contribution in [3.05, 3.63) is 52.9 Å². The largest absolute Gasteiger partial charge is 0.339 e. The minimum Gasteiger partial charge on any atom is -0.339 e. The zero-order valence-electron chi connectivity index (χ0n) is 13.0. The quantitative estimate of drug-likeness (QED) is 0.876. The van der Waals surface area contributed by atoms with Crippen LogP contribution < -0.4 is 5.32 Å². The average molecular weight is 389 g/mol. The molecule has 0 aliphatic carbocycles. The highest BCUT2D eigenvalue weighted by molar-refractivity contribution is 9.10. The number of rotatable bonds is 3. The van der Waals surface area contributed by atoms with E-state index in [1.54, 1.807) is 41.7 Å². The van der Waals surface area contributed by atoms with Crippen molar-refractivity contribution in [2.75, 3.05) is 18.4 Å². The summed E-state index contributed by atoms with van der Waals surface area (Å²) in [6.07, 6.45) is 6.17. The van der Waals surface area contributed by atoms with Gasteiger partial charge < -0.3 is 10.2 Å². The molecule has 0 spiro atoms. The number of hydrogen-bond donors (Lipinski definition) is 1. The fourth-order valence-corrected chi connectivity index (χ4v) is 2.93. The molecule has 2 aromatic rings. The Morgan fingerprint density at radius 3 is 2.46 bits per heavy atom. The Morgan fingerprint density at radius 1 is 1.12 bits per heavy atom. The number of carbonyl (C=O) groups excluding carboxylic acids is 2. The summed E-state index contributed by atoms with van der Waals surface area (Å²) in [4.78, 5) is 34.6. The number of amides is 2. The van der Waals surface area contributed by atoms with E-state index in [0.29, 0.717) is 37.3 Å². The number of halogens is 1. The van der Waals surface area contributed by atoms with E-state index in [9.17, 15) is 9.59 Å². The third-order valence-electron chi connectivity index (χ3n) is 4.06. The molecule has 124 valence electrons.